The number of rotatable bonds is 1. The van der Waals surface area contributed by atoms with Crippen molar-refractivity contribution in [2.24, 2.45) is 0 Å². The van der Waals surface area contributed by atoms with Gasteiger partial charge in [-0.1, -0.05) is 0 Å². The smallest absolute Gasteiger partial charge is 0.337 e. The van der Waals surface area contributed by atoms with Crippen LogP contribution in [0.1, 0.15) is 21.5 Å². The van der Waals surface area contributed by atoms with Crippen LogP contribution in [0.4, 0.5) is 0 Å². The minimum Gasteiger partial charge on any atom is -0.478 e. The summed E-state index contributed by atoms with van der Waals surface area (Å²) in [5.41, 5.74) is 2.26. The molecule has 1 aromatic rings. The largest absolute Gasteiger partial charge is 0.478 e. The maximum atomic E-state index is 10.8. The maximum Gasteiger partial charge on any atom is 0.337 e. The number of carboxylic acid groups (broad SMARTS) is 1. The zero-order valence-electron chi connectivity index (χ0n) is 7.08. The first kappa shape index (κ1) is 8.19. The van der Waals surface area contributed by atoms with E-state index in [1.807, 2.05) is 0 Å². The number of fused-ring (bicyclic) bond motifs is 1. The van der Waals surface area contributed by atoms with Crippen molar-refractivity contribution in [3.05, 3.63) is 29.1 Å². The standard InChI is InChI=1S/C9H10N2O2/c12-9(13)8-5-11-3-6-1-2-10-4-7(6)8/h3,5,10H,1-2,4H2,(H,12,13). The van der Waals surface area contributed by atoms with Crippen LogP contribution in [0.5, 0.6) is 0 Å². The predicted octanol–water partition coefficient (Wildman–Crippen LogP) is 0.426. The van der Waals surface area contributed by atoms with E-state index >= 15 is 0 Å². The van der Waals surface area contributed by atoms with Gasteiger partial charge in [-0.05, 0) is 24.1 Å². The fourth-order valence-corrected chi connectivity index (χ4v) is 1.58. The molecule has 0 aliphatic carbocycles. The van der Waals surface area contributed by atoms with Gasteiger partial charge in [0.05, 0.1) is 5.56 Å². The van der Waals surface area contributed by atoms with Gasteiger partial charge in [-0.2, -0.15) is 0 Å². The highest BCUT2D eigenvalue weighted by atomic mass is 16.4. The number of hydrogen-bond donors (Lipinski definition) is 2. The van der Waals surface area contributed by atoms with Gasteiger partial charge in [0.2, 0.25) is 0 Å². The summed E-state index contributed by atoms with van der Waals surface area (Å²) in [5, 5.41) is 12.0. The molecule has 2 heterocycles. The average Bonchev–Trinajstić information content (AvgIpc) is 2.17. The second-order valence-corrected chi connectivity index (χ2v) is 3.06. The Morgan fingerprint density at radius 3 is 3.15 bits per heavy atom. The molecule has 1 aromatic heterocycles. The minimum absolute atomic E-state index is 0.324. The number of aromatic carboxylic acids is 1. The molecular formula is C9H10N2O2. The van der Waals surface area contributed by atoms with E-state index in [1.165, 1.54) is 6.20 Å². The van der Waals surface area contributed by atoms with Crippen molar-refractivity contribution in [2.75, 3.05) is 6.54 Å². The van der Waals surface area contributed by atoms with Gasteiger partial charge in [-0.3, -0.25) is 4.98 Å². The van der Waals surface area contributed by atoms with Crippen LogP contribution in [-0.4, -0.2) is 22.6 Å². The highest BCUT2D eigenvalue weighted by molar-refractivity contribution is 5.89. The van der Waals surface area contributed by atoms with E-state index in [0.717, 1.165) is 24.1 Å². The predicted molar refractivity (Wildman–Crippen MR) is 46.6 cm³/mol. The second-order valence-electron chi connectivity index (χ2n) is 3.06. The Bertz CT molecular complexity index is 349. The van der Waals surface area contributed by atoms with E-state index < -0.39 is 5.97 Å². The first-order valence-electron chi connectivity index (χ1n) is 4.19. The molecule has 0 atom stereocenters. The van der Waals surface area contributed by atoms with Gasteiger partial charge in [0.15, 0.2) is 0 Å². The fraction of sp³-hybridized carbons (Fsp3) is 0.333. The Morgan fingerprint density at radius 2 is 2.38 bits per heavy atom. The van der Waals surface area contributed by atoms with Crippen LogP contribution < -0.4 is 5.32 Å². The molecule has 0 aromatic carbocycles. The number of hydrogen-bond acceptors (Lipinski definition) is 3. The Morgan fingerprint density at radius 1 is 1.54 bits per heavy atom. The Kier molecular flexibility index (Phi) is 1.98. The third-order valence-electron chi connectivity index (χ3n) is 2.25. The zero-order valence-corrected chi connectivity index (χ0v) is 7.08. The zero-order chi connectivity index (χ0) is 9.26. The van der Waals surface area contributed by atoms with Gasteiger partial charge in [0, 0.05) is 18.9 Å². The lowest BCUT2D eigenvalue weighted by Gasteiger charge is -2.17. The summed E-state index contributed by atoms with van der Waals surface area (Å²) in [6, 6.07) is 0. The molecule has 2 N–H and O–H groups in total. The van der Waals surface area contributed by atoms with Crippen LogP contribution in [0, 0.1) is 0 Å². The van der Waals surface area contributed by atoms with E-state index in [2.05, 4.69) is 10.3 Å². The van der Waals surface area contributed by atoms with Crippen LogP contribution >= 0.6 is 0 Å². The van der Waals surface area contributed by atoms with Crippen LogP contribution in [-0.2, 0) is 13.0 Å². The van der Waals surface area contributed by atoms with Crippen molar-refractivity contribution in [3.63, 3.8) is 0 Å². The molecule has 13 heavy (non-hydrogen) atoms. The SMILES string of the molecule is O=C(O)c1cncc2c1CNCC2. The third kappa shape index (κ3) is 1.40. The average molecular weight is 178 g/mol. The summed E-state index contributed by atoms with van der Waals surface area (Å²) in [4.78, 5) is 14.7. The quantitative estimate of drug-likeness (QED) is 0.654. The van der Waals surface area contributed by atoms with Crippen LogP contribution in [0.25, 0.3) is 0 Å². The van der Waals surface area contributed by atoms with Gasteiger partial charge in [0.1, 0.15) is 0 Å². The third-order valence-corrected chi connectivity index (χ3v) is 2.25. The molecule has 0 radical (unpaired) electrons. The van der Waals surface area contributed by atoms with E-state index in [9.17, 15) is 4.79 Å². The highest BCUT2D eigenvalue weighted by Crippen LogP contribution is 2.16. The van der Waals surface area contributed by atoms with Crippen molar-refractivity contribution in [1.82, 2.24) is 10.3 Å². The minimum atomic E-state index is -0.895. The van der Waals surface area contributed by atoms with Gasteiger partial charge in [-0.15, -0.1) is 0 Å². The van der Waals surface area contributed by atoms with E-state index in [1.54, 1.807) is 6.20 Å². The molecule has 4 heteroatoms. The molecule has 0 fully saturated rings. The van der Waals surface area contributed by atoms with E-state index in [0.29, 0.717) is 12.1 Å². The van der Waals surface area contributed by atoms with Crippen molar-refractivity contribution < 1.29 is 9.90 Å². The molecule has 2 rings (SSSR count). The van der Waals surface area contributed by atoms with Crippen molar-refractivity contribution >= 4 is 5.97 Å². The summed E-state index contributed by atoms with van der Waals surface area (Å²) in [5.74, 6) is -0.895. The Labute approximate surface area is 75.6 Å². The molecular weight excluding hydrogens is 168 g/mol. The normalized spacial score (nSPS) is 15.1. The van der Waals surface area contributed by atoms with Crippen LogP contribution in [0.15, 0.2) is 12.4 Å². The Hall–Kier alpha value is -1.42. The van der Waals surface area contributed by atoms with Crippen LogP contribution in [0.3, 0.4) is 0 Å². The number of nitrogens with zero attached hydrogens (tertiary/aromatic N) is 1. The molecule has 0 saturated carbocycles. The number of carboxylic acids is 1. The summed E-state index contributed by atoms with van der Waals surface area (Å²) >= 11 is 0. The first-order chi connectivity index (χ1) is 6.29. The number of aromatic nitrogens is 1. The second kappa shape index (κ2) is 3.14. The van der Waals surface area contributed by atoms with Gasteiger partial charge in [-0.25, -0.2) is 4.79 Å². The monoisotopic (exact) mass is 178 g/mol. The van der Waals surface area contributed by atoms with Crippen molar-refractivity contribution in [2.45, 2.75) is 13.0 Å². The lowest BCUT2D eigenvalue weighted by Crippen LogP contribution is -2.26. The molecule has 1 aliphatic heterocycles. The van der Waals surface area contributed by atoms with Crippen LogP contribution in [0.2, 0.25) is 0 Å². The van der Waals surface area contributed by atoms with E-state index in [4.69, 9.17) is 5.11 Å². The molecule has 68 valence electrons. The summed E-state index contributed by atoms with van der Waals surface area (Å²) in [6.07, 6.45) is 4.03. The van der Waals surface area contributed by atoms with Crippen molar-refractivity contribution in [1.29, 1.82) is 0 Å². The Balaban J connectivity index is 2.52. The van der Waals surface area contributed by atoms with Gasteiger partial charge >= 0.3 is 5.97 Å². The molecule has 0 spiro atoms. The molecule has 0 saturated heterocycles. The number of nitrogens with one attached hydrogen (secondary N) is 1. The fourth-order valence-electron chi connectivity index (χ4n) is 1.58. The van der Waals surface area contributed by atoms with Gasteiger partial charge < -0.3 is 10.4 Å². The number of pyridine rings is 1. The summed E-state index contributed by atoms with van der Waals surface area (Å²) in [6.45, 7) is 1.54. The topological polar surface area (TPSA) is 62.2 Å². The first-order valence-corrected chi connectivity index (χ1v) is 4.19. The number of carbonyl (C=O) groups is 1. The molecule has 0 bridgehead atoms. The lowest BCUT2D eigenvalue weighted by atomic mass is 9.99. The van der Waals surface area contributed by atoms with E-state index in [-0.39, 0.29) is 0 Å². The van der Waals surface area contributed by atoms with Gasteiger partial charge in [0.25, 0.3) is 0 Å². The summed E-state index contributed by atoms with van der Waals surface area (Å²) in [7, 11) is 0. The molecule has 4 nitrogen and oxygen atoms in total. The highest BCUT2D eigenvalue weighted by Gasteiger charge is 2.16. The molecule has 0 amide bonds. The lowest BCUT2D eigenvalue weighted by molar-refractivity contribution is 0.0694. The molecule has 1 aliphatic rings. The molecule has 0 unspecified atom stereocenters. The maximum absolute atomic E-state index is 10.8. The van der Waals surface area contributed by atoms with Crippen molar-refractivity contribution in [3.8, 4) is 0 Å². The summed E-state index contributed by atoms with van der Waals surface area (Å²) < 4.78 is 0.